The Morgan fingerprint density at radius 3 is 2.75 bits per heavy atom. The number of aliphatic carboxylic acids is 1. The number of carboxylic acid groups (broad SMARTS) is 1. The predicted octanol–water partition coefficient (Wildman–Crippen LogP) is 3.30. The molecule has 2 aromatic rings. The number of aromatic nitrogens is 3. The minimum atomic E-state index is -0.786. The number of carbonyl (C=O) groups is 1. The van der Waals surface area contributed by atoms with Crippen LogP contribution in [0.1, 0.15) is 67.7 Å². The van der Waals surface area contributed by atoms with Gasteiger partial charge < -0.3 is 15.5 Å². The molecule has 0 fully saturated rings. The molecule has 0 aliphatic carbocycles. The Balaban J connectivity index is 1.39. The number of rotatable bonds is 10. The molecule has 0 aromatic carbocycles. The van der Waals surface area contributed by atoms with Crippen LogP contribution in [0.25, 0.3) is 0 Å². The molecule has 7 heteroatoms. The van der Waals surface area contributed by atoms with Crippen LogP contribution < -0.4 is 5.32 Å². The van der Waals surface area contributed by atoms with Crippen LogP contribution in [0.4, 0.5) is 5.82 Å². The fraction of sp³-hybridized carbons (Fsp3) is 0.524. The first-order valence-electron chi connectivity index (χ1n) is 10.0. The summed E-state index contributed by atoms with van der Waals surface area (Å²) in [7, 11) is 0. The topological polar surface area (TPSA) is 108 Å². The molecule has 2 unspecified atom stereocenters. The average molecular weight is 384 g/mol. The number of hydrogen-bond donors (Lipinski definition) is 3. The van der Waals surface area contributed by atoms with Crippen molar-refractivity contribution in [2.45, 2.75) is 69.9 Å². The number of nitrogens with zero attached hydrogens (tertiary/aromatic N) is 3. The molecule has 0 saturated carbocycles. The highest BCUT2D eigenvalue weighted by molar-refractivity contribution is 5.68. The first-order chi connectivity index (χ1) is 13.6. The molecule has 1 aliphatic heterocycles. The van der Waals surface area contributed by atoms with Gasteiger partial charge in [-0.25, -0.2) is 15.0 Å². The van der Waals surface area contributed by atoms with E-state index in [0.29, 0.717) is 0 Å². The molecule has 3 rings (SSSR count). The van der Waals surface area contributed by atoms with Gasteiger partial charge in [-0.05, 0) is 55.2 Å². The van der Waals surface area contributed by atoms with Crippen LogP contribution in [-0.4, -0.2) is 37.4 Å². The second-order valence-corrected chi connectivity index (χ2v) is 7.43. The third kappa shape index (κ3) is 5.99. The van der Waals surface area contributed by atoms with Gasteiger partial charge in [-0.1, -0.05) is 25.3 Å². The van der Waals surface area contributed by atoms with Crippen LogP contribution in [0.3, 0.4) is 0 Å². The molecule has 2 atom stereocenters. The first-order valence-corrected chi connectivity index (χ1v) is 10.0. The fourth-order valence-electron chi connectivity index (χ4n) is 3.69. The van der Waals surface area contributed by atoms with E-state index in [-0.39, 0.29) is 12.3 Å². The van der Waals surface area contributed by atoms with Crippen molar-refractivity contribution in [2.75, 3.05) is 5.32 Å². The van der Waals surface area contributed by atoms with E-state index in [4.69, 9.17) is 5.11 Å². The summed E-state index contributed by atoms with van der Waals surface area (Å²) in [5.74, 6) is 0.00224. The van der Waals surface area contributed by atoms with Gasteiger partial charge in [-0.3, -0.25) is 4.79 Å². The lowest BCUT2D eigenvalue weighted by atomic mass is 9.92. The van der Waals surface area contributed by atoms with Crippen LogP contribution in [0.2, 0.25) is 0 Å². The molecule has 7 nitrogen and oxygen atoms in total. The Morgan fingerprint density at radius 2 is 1.96 bits per heavy atom. The maximum Gasteiger partial charge on any atom is 0.303 e. The Hall–Kier alpha value is -2.54. The Labute approximate surface area is 165 Å². The van der Waals surface area contributed by atoms with Crippen molar-refractivity contribution >= 4 is 11.8 Å². The molecule has 2 aromatic heterocycles. The molecule has 0 amide bonds. The summed E-state index contributed by atoms with van der Waals surface area (Å²) < 4.78 is 0. The second kappa shape index (κ2) is 10.1. The summed E-state index contributed by atoms with van der Waals surface area (Å²) in [4.78, 5) is 23.8. The van der Waals surface area contributed by atoms with E-state index in [1.54, 1.807) is 12.4 Å². The molecule has 0 saturated heterocycles. The quantitative estimate of drug-likeness (QED) is 0.539. The number of hydrogen-bond acceptors (Lipinski definition) is 6. The minimum absolute atomic E-state index is 0.0292. The van der Waals surface area contributed by atoms with Gasteiger partial charge in [0.2, 0.25) is 0 Å². The zero-order chi connectivity index (χ0) is 19.8. The number of fused-ring (bicyclic) bond motifs is 1. The number of aryl methyl sites for hydroxylation is 2. The van der Waals surface area contributed by atoms with E-state index >= 15 is 0 Å². The van der Waals surface area contributed by atoms with Crippen LogP contribution >= 0.6 is 0 Å². The van der Waals surface area contributed by atoms with Gasteiger partial charge >= 0.3 is 5.97 Å². The third-order valence-electron chi connectivity index (χ3n) is 5.24. The third-order valence-corrected chi connectivity index (χ3v) is 5.24. The normalized spacial score (nSPS) is 16.8. The van der Waals surface area contributed by atoms with E-state index in [9.17, 15) is 9.90 Å². The first kappa shape index (κ1) is 20.2. The summed E-state index contributed by atoms with van der Waals surface area (Å²) in [6, 6.07) is 4.19. The molecule has 150 valence electrons. The average Bonchev–Trinajstić information content (AvgIpc) is 2.69. The number of unbranched alkanes of at least 4 members (excludes halogenated alkanes) is 3. The SMILES string of the molecule is O=C(O)CC(CCCCCCc1ccc2c(n1)NC(O)CC2)c1cncnc1. The highest BCUT2D eigenvalue weighted by Gasteiger charge is 2.17. The van der Waals surface area contributed by atoms with E-state index < -0.39 is 12.2 Å². The largest absolute Gasteiger partial charge is 0.481 e. The van der Waals surface area contributed by atoms with Gasteiger partial charge in [0, 0.05) is 18.1 Å². The van der Waals surface area contributed by atoms with E-state index in [1.165, 1.54) is 11.9 Å². The lowest BCUT2D eigenvalue weighted by Gasteiger charge is -2.22. The van der Waals surface area contributed by atoms with Crippen molar-refractivity contribution in [3.05, 3.63) is 47.7 Å². The zero-order valence-corrected chi connectivity index (χ0v) is 16.0. The monoisotopic (exact) mass is 384 g/mol. The van der Waals surface area contributed by atoms with Crippen molar-refractivity contribution in [1.82, 2.24) is 15.0 Å². The number of carboxylic acids is 1. The molecular formula is C21H28N4O3. The van der Waals surface area contributed by atoms with Crippen molar-refractivity contribution in [3.8, 4) is 0 Å². The summed E-state index contributed by atoms with van der Waals surface area (Å²) in [6.45, 7) is 0. The number of aliphatic hydroxyl groups excluding tert-OH is 1. The van der Waals surface area contributed by atoms with Gasteiger partial charge in [0.1, 0.15) is 18.4 Å². The highest BCUT2D eigenvalue weighted by Crippen LogP contribution is 2.26. The standard InChI is InChI=1S/C21H28N4O3/c26-19-10-8-15-7-9-18(24-21(15)25-19)6-4-2-1-3-5-16(11-20(27)28)17-12-22-14-23-13-17/h7,9,12-14,16,19,26H,1-6,8,10-11H2,(H,24,25)(H,27,28). The number of aliphatic hydroxyl groups is 1. The summed E-state index contributed by atoms with van der Waals surface area (Å²) >= 11 is 0. The van der Waals surface area contributed by atoms with Gasteiger partial charge in [-0.2, -0.15) is 0 Å². The number of anilines is 1. The molecule has 0 bridgehead atoms. The lowest BCUT2D eigenvalue weighted by molar-refractivity contribution is -0.137. The van der Waals surface area contributed by atoms with Crippen LogP contribution in [0.15, 0.2) is 30.9 Å². The van der Waals surface area contributed by atoms with Gasteiger partial charge in [0.15, 0.2) is 0 Å². The van der Waals surface area contributed by atoms with E-state index in [0.717, 1.165) is 68.4 Å². The van der Waals surface area contributed by atoms with Gasteiger partial charge in [0.25, 0.3) is 0 Å². The lowest BCUT2D eigenvalue weighted by Crippen LogP contribution is -2.25. The highest BCUT2D eigenvalue weighted by atomic mass is 16.4. The molecule has 3 heterocycles. The maximum absolute atomic E-state index is 11.1. The Kier molecular flexibility index (Phi) is 7.31. The zero-order valence-electron chi connectivity index (χ0n) is 16.0. The van der Waals surface area contributed by atoms with Crippen LogP contribution in [0, 0.1) is 0 Å². The molecule has 0 spiro atoms. The van der Waals surface area contributed by atoms with E-state index in [1.807, 2.05) is 0 Å². The predicted molar refractivity (Wildman–Crippen MR) is 106 cm³/mol. The van der Waals surface area contributed by atoms with Crippen LogP contribution in [-0.2, 0) is 17.6 Å². The molecule has 0 radical (unpaired) electrons. The molecular weight excluding hydrogens is 356 g/mol. The Morgan fingerprint density at radius 1 is 1.18 bits per heavy atom. The number of nitrogens with one attached hydrogen (secondary N) is 1. The van der Waals surface area contributed by atoms with Crippen molar-refractivity contribution in [1.29, 1.82) is 0 Å². The molecule has 3 N–H and O–H groups in total. The van der Waals surface area contributed by atoms with Gasteiger partial charge in [0.05, 0.1) is 6.42 Å². The minimum Gasteiger partial charge on any atom is -0.481 e. The molecule has 1 aliphatic rings. The second-order valence-electron chi connectivity index (χ2n) is 7.43. The summed E-state index contributed by atoms with van der Waals surface area (Å²) in [6.07, 6.45) is 12.0. The van der Waals surface area contributed by atoms with Gasteiger partial charge in [-0.15, -0.1) is 0 Å². The van der Waals surface area contributed by atoms with Crippen LogP contribution in [0.5, 0.6) is 0 Å². The van der Waals surface area contributed by atoms with Crippen molar-refractivity contribution in [2.24, 2.45) is 0 Å². The summed E-state index contributed by atoms with van der Waals surface area (Å²) in [5, 5.41) is 21.9. The maximum atomic E-state index is 11.1. The summed E-state index contributed by atoms with van der Waals surface area (Å²) in [5.41, 5.74) is 3.12. The molecule has 28 heavy (non-hydrogen) atoms. The number of pyridine rings is 1. The Bertz CT molecular complexity index is 770. The smallest absolute Gasteiger partial charge is 0.303 e. The van der Waals surface area contributed by atoms with Crippen molar-refractivity contribution < 1.29 is 15.0 Å². The van der Waals surface area contributed by atoms with Crippen molar-refractivity contribution in [3.63, 3.8) is 0 Å². The fourth-order valence-corrected chi connectivity index (χ4v) is 3.69. The van der Waals surface area contributed by atoms with E-state index in [2.05, 4.69) is 32.4 Å².